The predicted octanol–water partition coefficient (Wildman–Crippen LogP) is 14.3. The Balaban J connectivity index is 1.82. The molecule has 304 valence electrons. The van der Waals surface area contributed by atoms with E-state index in [-0.39, 0.29) is 33.3 Å². The molecule has 0 aromatic carbocycles. The first kappa shape index (κ1) is 46.4. The van der Waals surface area contributed by atoms with Gasteiger partial charge in [0.15, 0.2) is 25.0 Å². The molecule has 3 saturated carbocycles. The molecule has 3 aliphatic rings. The van der Waals surface area contributed by atoms with E-state index in [1.807, 2.05) is 0 Å². The summed E-state index contributed by atoms with van der Waals surface area (Å²) in [7, 11) is -5.49. The lowest BCUT2D eigenvalue weighted by atomic mass is 9.58. The Morgan fingerprint density at radius 1 is 0.731 bits per heavy atom. The van der Waals surface area contributed by atoms with Gasteiger partial charge < -0.3 is 18.0 Å². The predicted molar refractivity (Wildman–Crippen MR) is 234 cm³/mol. The minimum Gasteiger partial charge on any atom is -0.414 e. The molecule has 0 aromatic rings. The zero-order chi connectivity index (χ0) is 39.6. The maximum atomic E-state index is 7.13. The lowest BCUT2D eigenvalue weighted by molar-refractivity contribution is -0.0821. The van der Waals surface area contributed by atoms with Crippen LogP contribution in [0.4, 0.5) is 0 Å². The molecule has 52 heavy (non-hydrogen) atoms. The molecule has 0 saturated heterocycles. The molecule has 7 heteroatoms. The number of fused-ring (bicyclic) bond motifs is 1. The molecule has 3 aliphatic carbocycles. The third kappa shape index (κ3) is 11.8. The van der Waals surface area contributed by atoms with Crippen LogP contribution < -0.4 is 0 Å². The van der Waals surface area contributed by atoms with E-state index in [0.29, 0.717) is 17.3 Å². The molecule has 0 aliphatic heterocycles. The molecule has 0 radical (unpaired) electrons. The summed E-state index contributed by atoms with van der Waals surface area (Å²) in [5, 5.41) is 0.402. The summed E-state index contributed by atoms with van der Waals surface area (Å²) in [4.78, 5) is 0. The van der Waals surface area contributed by atoms with Crippen LogP contribution in [0.5, 0.6) is 0 Å². The number of rotatable bonds is 16. The maximum absolute atomic E-state index is 7.13. The van der Waals surface area contributed by atoms with E-state index in [0.717, 1.165) is 58.2 Å². The summed E-state index contributed by atoms with van der Waals surface area (Å²) >= 11 is 0. The average Bonchev–Trinajstić information content (AvgIpc) is 3.32. The van der Waals surface area contributed by atoms with E-state index in [9.17, 15) is 0 Å². The Morgan fingerprint density at radius 3 is 1.71 bits per heavy atom. The lowest BCUT2D eigenvalue weighted by Gasteiger charge is -2.48. The molecule has 0 amide bonds. The van der Waals surface area contributed by atoms with Crippen LogP contribution in [0.2, 0.25) is 55.9 Å². The van der Waals surface area contributed by atoms with Crippen molar-refractivity contribution in [3.8, 4) is 0 Å². The molecule has 0 N–H and O–H groups in total. The first-order valence-corrected chi connectivity index (χ1v) is 30.8. The van der Waals surface area contributed by atoms with Gasteiger partial charge in [-0.3, -0.25) is 0 Å². The Bertz CT molecular complexity index is 1170. The van der Waals surface area contributed by atoms with Crippen molar-refractivity contribution in [3.05, 3.63) is 23.3 Å². The number of hydrogen-bond donors (Lipinski definition) is 0. The third-order valence-electron chi connectivity index (χ3n) is 14.3. The van der Waals surface area contributed by atoms with Gasteiger partial charge >= 0.3 is 0 Å². The highest BCUT2D eigenvalue weighted by atomic mass is 28.4. The van der Waals surface area contributed by atoms with Gasteiger partial charge in [-0.2, -0.15) is 0 Å². The van der Waals surface area contributed by atoms with E-state index in [1.54, 1.807) is 5.57 Å². The van der Waals surface area contributed by atoms with Crippen LogP contribution in [-0.4, -0.2) is 56.0 Å². The molecule has 0 aromatic heterocycles. The average molecular weight is 777 g/mol. The SMILES string of the molecule is CCCC(CCC)(COCC(C)(C)[C@H]1CC[C@H]2/C(=C/C=C3C[C@@H](O[Si](C)(C)C(C)(C)C)C[C@H](O[Si](C)(C)C(C)(C)C)C3)CCC[C@]12C)O[Si](C)(C)C. The molecule has 3 fully saturated rings. The summed E-state index contributed by atoms with van der Waals surface area (Å²) in [6.45, 7) is 44.6. The summed E-state index contributed by atoms with van der Waals surface area (Å²) in [5.74, 6) is 1.32. The summed E-state index contributed by atoms with van der Waals surface area (Å²) in [6, 6.07) is 0. The molecule has 0 spiro atoms. The number of ether oxygens (including phenoxy) is 1. The highest BCUT2D eigenvalue weighted by Crippen LogP contribution is 2.62. The van der Waals surface area contributed by atoms with Crippen molar-refractivity contribution >= 4 is 25.0 Å². The topological polar surface area (TPSA) is 36.9 Å². The van der Waals surface area contributed by atoms with Crippen LogP contribution in [0.25, 0.3) is 0 Å². The zero-order valence-corrected chi connectivity index (χ0v) is 41.0. The van der Waals surface area contributed by atoms with Gasteiger partial charge in [0.1, 0.15) is 0 Å². The van der Waals surface area contributed by atoms with Crippen LogP contribution >= 0.6 is 0 Å². The van der Waals surface area contributed by atoms with E-state index in [1.165, 1.54) is 37.7 Å². The van der Waals surface area contributed by atoms with Crippen LogP contribution in [0.15, 0.2) is 23.3 Å². The maximum Gasteiger partial charge on any atom is 0.192 e. The Morgan fingerprint density at radius 2 is 1.25 bits per heavy atom. The van der Waals surface area contributed by atoms with Crippen molar-refractivity contribution in [1.29, 1.82) is 0 Å². The van der Waals surface area contributed by atoms with Crippen molar-refractivity contribution in [1.82, 2.24) is 0 Å². The lowest BCUT2D eigenvalue weighted by Crippen LogP contribution is -2.48. The van der Waals surface area contributed by atoms with Gasteiger partial charge in [-0.05, 0) is 143 Å². The second-order valence-electron chi connectivity index (χ2n) is 22.6. The Labute approximate surface area is 327 Å². The largest absolute Gasteiger partial charge is 0.414 e. The smallest absolute Gasteiger partial charge is 0.192 e. The van der Waals surface area contributed by atoms with E-state index in [2.05, 4.69) is 134 Å². The molecular formula is C45H88O4Si3. The fourth-order valence-corrected chi connectivity index (χ4v) is 14.2. The van der Waals surface area contributed by atoms with Crippen molar-refractivity contribution in [3.63, 3.8) is 0 Å². The van der Waals surface area contributed by atoms with Crippen molar-refractivity contribution in [2.45, 2.75) is 227 Å². The van der Waals surface area contributed by atoms with Gasteiger partial charge in [-0.15, -0.1) is 0 Å². The van der Waals surface area contributed by atoms with Crippen molar-refractivity contribution < 1.29 is 18.0 Å². The van der Waals surface area contributed by atoms with Crippen LogP contribution in [0.3, 0.4) is 0 Å². The van der Waals surface area contributed by atoms with Gasteiger partial charge in [-0.1, -0.05) is 112 Å². The first-order valence-electron chi connectivity index (χ1n) is 21.6. The second kappa shape index (κ2) is 17.2. The van der Waals surface area contributed by atoms with Gasteiger partial charge in [0, 0.05) is 0 Å². The van der Waals surface area contributed by atoms with Crippen LogP contribution in [0, 0.1) is 22.7 Å². The fraction of sp³-hybridized carbons (Fsp3) is 0.911. The van der Waals surface area contributed by atoms with E-state index >= 15 is 0 Å². The second-order valence-corrected chi connectivity index (χ2v) is 36.6. The summed E-state index contributed by atoms with van der Waals surface area (Å²) in [6.07, 6.45) is 19.6. The van der Waals surface area contributed by atoms with Gasteiger partial charge in [0.05, 0.1) is 31.0 Å². The van der Waals surface area contributed by atoms with E-state index in [4.69, 9.17) is 18.0 Å². The molecule has 0 heterocycles. The Kier molecular flexibility index (Phi) is 15.4. The quantitative estimate of drug-likeness (QED) is 0.146. The van der Waals surface area contributed by atoms with Gasteiger partial charge in [0.25, 0.3) is 0 Å². The molecule has 3 rings (SSSR count). The highest BCUT2D eigenvalue weighted by Gasteiger charge is 2.54. The number of hydrogen-bond acceptors (Lipinski definition) is 4. The third-order valence-corrected chi connectivity index (χ3v) is 24.4. The van der Waals surface area contributed by atoms with Gasteiger partial charge in [-0.25, -0.2) is 0 Å². The minimum atomic E-state index is -1.90. The molecule has 4 nitrogen and oxygen atoms in total. The first-order chi connectivity index (χ1) is 23.6. The standard InChI is InChI=1S/C45H88O4Si3/c1-19-27-45(28-20-2,49-50(12,13)14)34-46-33-43(9,10)40-26-25-39-36(22-21-29-44(39,40)11)24-23-35-30-37(47-51(15,16)41(3,4)5)32-38(31-35)48-52(17,18)42(6,7)8/h23-24,37-40H,19-22,25-34H2,1-18H3/b36-24+/t37-,38-,39+,40-,44+/m1/s1. The highest BCUT2D eigenvalue weighted by molar-refractivity contribution is 6.74. The molecule has 5 atom stereocenters. The van der Waals surface area contributed by atoms with Crippen LogP contribution in [-0.2, 0) is 18.0 Å². The monoisotopic (exact) mass is 777 g/mol. The normalized spacial score (nSPS) is 28.0. The molecular weight excluding hydrogens is 689 g/mol. The fourth-order valence-electron chi connectivity index (χ4n) is 9.94. The molecule has 0 bridgehead atoms. The zero-order valence-electron chi connectivity index (χ0n) is 38.0. The summed E-state index contributed by atoms with van der Waals surface area (Å²) in [5.41, 5.74) is 3.54. The Hall–Kier alpha value is -0.0294. The van der Waals surface area contributed by atoms with Crippen molar-refractivity contribution in [2.75, 3.05) is 13.2 Å². The minimum absolute atomic E-state index is 0.125. The molecule has 0 unspecified atom stereocenters. The van der Waals surface area contributed by atoms with E-state index < -0.39 is 25.0 Å². The van der Waals surface area contributed by atoms with Crippen LogP contribution in [0.1, 0.15) is 153 Å². The number of allylic oxidation sites excluding steroid dienone is 3. The summed E-state index contributed by atoms with van der Waals surface area (Å²) < 4.78 is 28.0. The van der Waals surface area contributed by atoms with Gasteiger partial charge in [0.2, 0.25) is 0 Å². The van der Waals surface area contributed by atoms with Crippen molar-refractivity contribution in [2.24, 2.45) is 22.7 Å².